The van der Waals surface area contributed by atoms with E-state index in [1.54, 1.807) is 0 Å². The lowest BCUT2D eigenvalue weighted by atomic mass is 10.3. The molecule has 1 heterocycles. The quantitative estimate of drug-likeness (QED) is 0.619. The lowest BCUT2D eigenvalue weighted by Crippen LogP contribution is -1.98. The number of nitrogens with zero attached hydrogens (tertiary/aromatic N) is 1. The Morgan fingerprint density at radius 1 is 0.714 bits per heavy atom. The van der Waals surface area contributed by atoms with Gasteiger partial charge in [0, 0.05) is 22.1 Å². The molecule has 3 rings (SSSR count). The highest BCUT2D eigenvalue weighted by atomic mass is 35.5. The van der Waals surface area contributed by atoms with Gasteiger partial charge in [0.25, 0.3) is 0 Å². The zero-order valence-electron chi connectivity index (χ0n) is 12.0. The van der Waals surface area contributed by atoms with E-state index in [4.69, 9.17) is 16.3 Å². The summed E-state index contributed by atoms with van der Waals surface area (Å²) in [5.41, 5.74) is 3.58. The van der Waals surface area contributed by atoms with E-state index in [0.29, 0.717) is 5.02 Å². The molecule has 0 aliphatic heterocycles. The molecule has 0 saturated carbocycles. The molecule has 0 N–H and O–H groups in total. The standard InChI is InChI=1S/C18H16ClNO/c1-13-3-4-14(2)20(13)16-7-11-18(12-8-16)21-17-9-5-15(19)6-10-17/h3-12H,1-2H3. The SMILES string of the molecule is Cc1ccc(C)n1-c1ccc(Oc2ccc(Cl)cc2)cc1. The molecule has 1 aromatic heterocycles. The van der Waals surface area contributed by atoms with Gasteiger partial charge in [0.05, 0.1) is 0 Å². The third-order valence-corrected chi connectivity index (χ3v) is 3.67. The largest absolute Gasteiger partial charge is 0.457 e. The van der Waals surface area contributed by atoms with E-state index < -0.39 is 0 Å². The van der Waals surface area contributed by atoms with Crippen molar-refractivity contribution in [1.29, 1.82) is 0 Å². The van der Waals surface area contributed by atoms with Crippen molar-refractivity contribution in [2.45, 2.75) is 13.8 Å². The van der Waals surface area contributed by atoms with E-state index >= 15 is 0 Å². The van der Waals surface area contributed by atoms with Crippen LogP contribution >= 0.6 is 11.6 Å². The topological polar surface area (TPSA) is 14.2 Å². The Balaban J connectivity index is 1.83. The first kappa shape index (κ1) is 13.8. The number of hydrogen-bond acceptors (Lipinski definition) is 1. The summed E-state index contributed by atoms with van der Waals surface area (Å²) in [4.78, 5) is 0. The average Bonchev–Trinajstić information content (AvgIpc) is 2.82. The maximum Gasteiger partial charge on any atom is 0.127 e. The molecular weight excluding hydrogens is 282 g/mol. The van der Waals surface area contributed by atoms with Gasteiger partial charge in [-0.1, -0.05) is 11.6 Å². The molecule has 2 nitrogen and oxygen atoms in total. The number of benzene rings is 2. The van der Waals surface area contributed by atoms with Gasteiger partial charge in [-0.25, -0.2) is 0 Å². The highest BCUT2D eigenvalue weighted by Crippen LogP contribution is 2.25. The fraction of sp³-hybridized carbons (Fsp3) is 0.111. The first-order valence-corrected chi connectivity index (χ1v) is 7.20. The summed E-state index contributed by atoms with van der Waals surface area (Å²) in [6.45, 7) is 4.20. The zero-order chi connectivity index (χ0) is 14.8. The number of rotatable bonds is 3. The highest BCUT2D eigenvalue weighted by molar-refractivity contribution is 6.30. The second-order valence-corrected chi connectivity index (χ2v) is 5.44. The van der Waals surface area contributed by atoms with Crippen LogP contribution in [-0.2, 0) is 0 Å². The summed E-state index contributed by atoms with van der Waals surface area (Å²) >= 11 is 5.86. The lowest BCUT2D eigenvalue weighted by molar-refractivity contribution is 0.482. The van der Waals surface area contributed by atoms with Gasteiger partial charge in [-0.05, 0) is 74.5 Å². The Labute approximate surface area is 129 Å². The minimum atomic E-state index is 0.705. The van der Waals surface area contributed by atoms with Crippen LogP contribution in [0.5, 0.6) is 11.5 Å². The normalized spacial score (nSPS) is 10.6. The Morgan fingerprint density at radius 3 is 1.71 bits per heavy atom. The monoisotopic (exact) mass is 297 g/mol. The van der Waals surface area contributed by atoms with E-state index in [1.807, 2.05) is 36.4 Å². The van der Waals surface area contributed by atoms with Crippen LogP contribution in [0.1, 0.15) is 11.4 Å². The maximum atomic E-state index is 5.86. The van der Waals surface area contributed by atoms with Crippen molar-refractivity contribution in [1.82, 2.24) is 4.57 Å². The molecule has 3 heteroatoms. The van der Waals surface area contributed by atoms with Crippen molar-refractivity contribution >= 4 is 11.6 Å². The van der Waals surface area contributed by atoms with Gasteiger partial charge >= 0.3 is 0 Å². The van der Waals surface area contributed by atoms with E-state index in [9.17, 15) is 0 Å². The number of halogens is 1. The van der Waals surface area contributed by atoms with Gasteiger partial charge in [-0.2, -0.15) is 0 Å². The van der Waals surface area contributed by atoms with Gasteiger partial charge in [0.15, 0.2) is 0 Å². The summed E-state index contributed by atoms with van der Waals surface area (Å²) < 4.78 is 8.01. The van der Waals surface area contributed by atoms with Crippen LogP contribution in [0.25, 0.3) is 5.69 Å². The van der Waals surface area contributed by atoms with Crippen molar-refractivity contribution in [3.05, 3.63) is 77.1 Å². The fourth-order valence-corrected chi connectivity index (χ4v) is 2.50. The maximum absolute atomic E-state index is 5.86. The first-order valence-electron chi connectivity index (χ1n) is 6.82. The number of aromatic nitrogens is 1. The summed E-state index contributed by atoms with van der Waals surface area (Å²) in [6, 6.07) is 19.7. The average molecular weight is 298 g/mol. The van der Waals surface area contributed by atoms with Crippen LogP contribution in [0.15, 0.2) is 60.7 Å². The number of aryl methyl sites for hydroxylation is 2. The molecule has 21 heavy (non-hydrogen) atoms. The van der Waals surface area contributed by atoms with Crippen LogP contribution in [0.4, 0.5) is 0 Å². The summed E-state index contributed by atoms with van der Waals surface area (Å²) in [5, 5.41) is 0.705. The van der Waals surface area contributed by atoms with E-state index in [0.717, 1.165) is 17.2 Å². The third kappa shape index (κ3) is 2.96. The lowest BCUT2D eigenvalue weighted by Gasteiger charge is -2.11. The first-order chi connectivity index (χ1) is 10.1. The van der Waals surface area contributed by atoms with E-state index in [1.165, 1.54) is 11.4 Å². The van der Waals surface area contributed by atoms with Crippen molar-refractivity contribution in [3.63, 3.8) is 0 Å². The summed E-state index contributed by atoms with van der Waals surface area (Å²) in [7, 11) is 0. The number of ether oxygens (including phenoxy) is 1. The van der Waals surface area contributed by atoms with Crippen molar-refractivity contribution < 1.29 is 4.74 Å². The Bertz CT molecular complexity index is 722. The summed E-state index contributed by atoms with van der Waals surface area (Å²) in [5.74, 6) is 1.59. The molecule has 0 radical (unpaired) electrons. The number of hydrogen-bond donors (Lipinski definition) is 0. The van der Waals surface area contributed by atoms with Gasteiger partial charge in [0.2, 0.25) is 0 Å². The second-order valence-electron chi connectivity index (χ2n) is 5.00. The molecule has 0 atom stereocenters. The smallest absolute Gasteiger partial charge is 0.127 e. The highest BCUT2D eigenvalue weighted by Gasteiger charge is 2.04. The van der Waals surface area contributed by atoms with Crippen LogP contribution in [-0.4, -0.2) is 4.57 Å². The molecule has 3 aromatic rings. The van der Waals surface area contributed by atoms with Gasteiger partial charge in [-0.3, -0.25) is 0 Å². The van der Waals surface area contributed by atoms with E-state index in [2.05, 4.69) is 42.7 Å². The molecule has 106 valence electrons. The predicted molar refractivity (Wildman–Crippen MR) is 86.8 cm³/mol. The molecule has 0 aliphatic rings. The van der Waals surface area contributed by atoms with Crippen LogP contribution in [0.2, 0.25) is 5.02 Å². The van der Waals surface area contributed by atoms with Crippen molar-refractivity contribution in [3.8, 4) is 17.2 Å². The Kier molecular flexibility index (Phi) is 3.72. The van der Waals surface area contributed by atoms with Crippen LogP contribution in [0.3, 0.4) is 0 Å². The fourth-order valence-electron chi connectivity index (χ4n) is 2.38. The molecule has 0 saturated heterocycles. The Morgan fingerprint density at radius 2 is 1.19 bits per heavy atom. The van der Waals surface area contributed by atoms with E-state index in [-0.39, 0.29) is 0 Å². The molecule has 0 fully saturated rings. The minimum absolute atomic E-state index is 0.705. The van der Waals surface area contributed by atoms with Gasteiger partial charge in [0.1, 0.15) is 11.5 Å². The zero-order valence-corrected chi connectivity index (χ0v) is 12.8. The molecule has 0 aliphatic carbocycles. The molecule has 2 aromatic carbocycles. The molecular formula is C18H16ClNO. The van der Waals surface area contributed by atoms with Crippen molar-refractivity contribution in [2.24, 2.45) is 0 Å². The van der Waals surface area contributed by atoms with Crippen LogP contribution in [0, 0.1) is 13.8 Å². The van der Waals surface area contributed by atoms with Crippen molar-refractivity contribution in [2.75, 3.05) is 0 Å². The van der Waals surface area contributed by atoms with Gasteiger partial charge in [-0.15, -0.1) is 0 Å². The van der Waals surface area contributed by atoms with Gasteiger partial charge < -0.3 is 9.30 Å². The molecule has 0 spiro atoms. The Hall–Kier alpha value is -2.19. The molecule has 0 bridgehead atoms. The minimum Gasteiger partial charge on any atom is -0.457 e. The third-order valence-electron chi connectivity index (χ3n) is 3.42. The van der Waals surface area contributed by atoms with Crippen LogP contribution < -0.4 is 4.74 Å². The second kappa shape index (κ2) is 5.66. The summed E-state index contributed by atoms with van der Waals surface area (Å²) in [6.07, 6.45) is 0. The molecule has 0 amide bonds. The predicted octanol–water partition coefficient (Wildman–Crippen LogP) is 5.54. The molecule has 0 unspecified atom stereocenters.